The molecule has 0 bridgehead atoms. The van der Waals surface area contributed by atoms with E-state index in [1.54, 1.807) is 0 Å². The zero-order chi connectivity index (χ0) is 2.71. The molecule has 0 saturated carbocycles. The van der Waals surface area contributed by atoms with Gasteiger partial charge in [-0.25, -0.2) is 0 Å². The van der Waals surface area contributed by atoms with E-state index in [1.807, 2.05) is 6.92 Å². The summed E-state index contributed by atoms with van der Waals surface area (Å²) in [5.41, 5.74) is 0. The van der Waals surface area contributed by atoms with E-state index >= 15 is 0 Å². The van der Waals surface area contributed by atoms with E-state index < -0.39 is 0 Å². The number of rotatable bonds is 0. The first-order valence-electron chi connectivity index (χ1n) is 1.21. The Labute approximate surface area is 139 Å². The summed E-state index contributed by atoms with van der Waals surface area (Å²) in [7, 11) is 0. The zero-order valence-corrected chi connectivity index (χ0v) is 17.0. The molecule has 0 fully saturated rings. The van der Waals surface area contributed by atoms with Crippen LogP contribution in [0, 0.1) is 129 Å². The quantitative estimate of drug-likeness (QED) is 0.457. The first kappa shape index (κ1) is 41.6. The third-order valence-electron chi connectivity index (χ3n) is 0. The Morgan fingerprint density at radius 1 is 1.00 bits per heavy atom. The molecule has 0 aromatic heterocycles. The van der Waals surface area contributed by atoms with Crippen molar-refractivity contribution in [3.05, 3.63) is 21.8 Å². The standard InChI is InChI=1S/C3H7.2CH3.3La/c1-3-2;;;;;/h1,3H2,2H3;2*1H3;;;/q3*-1;;;. The van der Waals surface area contributed by atoms with Crippen molar-refractivity contribution in [3.63, 3.8) is 0 Å². The summed E-state index contributed by atoms with van der Waals surface area (Å²) in [4.78, 5) is 0. The van der Waals surface area contributed by atoms with Crippen LogP contribution in [0.25, 0.3) is 0 Å². The van der Waals surface area contributed by atoms with Gasteiger partial charge < -0.3 is 21.8 Å². The second kappa shape index (κ2) is 46.3. The molecular formula is C5H13La3-3. The molecule has 0 aliphatic heterocycles. The van der Waals surface area contributed by atoms with Crippen molar-refractivity contribution >= 4 is 0 Å². The molecule has 0 N–H and O–H groups in total. The first-order valence-corrected chi connectivity index (χ1v) is 1.21. The predicted molar refractivity (Wildman–Crippen MR) is 28.5 cm³/mol. The summed E-state index contributed by atoms with van der Waals surface area (Å²) in [6, 6.07) is 0. The van der Waals surface area contributed by atoms with E-state index in [4.69, 9.17) is 0 Å². The van der Waals surface area contributed by atoms with Crippen molar-refractivity contribution in [3.8, 4) is 0 Å². The fourth-order valence-electron chi connectivity index (χ4n) is 0. The van der Waals surface area contributed by atoms with Gasteiger partial charge in [-0.1, -0.05) is 6.92 Å². The van der Waals surface area contributed by atoms with Crippen LogP contribution in [-0.4, -0.2) is 0 Å². The summed E-state index contributed by atoms with van der Waals surface area (Å²) < 4.78 is 0. The Balaban J connectivity index is -0.00000000200. The van der Waals surface area contributed by atoms with Gasteiger partial charge in [0.05, 0.1) is 0 Å². The van der Waals surface area contributed by atoms with Crippen molar-refractivity contribution in [1.82, 2.24) is 0 Å². The molecule has 0 unspecified atom stereocenters. The van der Waals surface area contributed by atoms with Crippen LogP contribution in [0.1, 0.15) is 13.3 Å². The molecule has 0 aromatic carbocycles. The van der Waals surface area contributed by atoms with Crippen molar-refractivity contribution < 1.29 is 107 Å². The van der Waals surface area contributed by atoms with Crippen molar-refractivity contribution in [2.45, 2.75) is 13.3 Å². The molecule has 0 aromatic rings. The topological polar surface area (TPSA) is 0 Å². The summed E-state index contributed by atoms with van der Waals surface area (Å²) in [6.45, 7) is 5.50. The number of hydrogen-bond donors (Lipinski definition) is 0. The second-order valence-electron chi connectivity index (χ2n) is 0.500. The molecule has 0 aliphatic rings. The summed E-state index contributed by atoms with van der Waals surface area (Å²) in [5, 5.41) is 0. The fraction of sp³-hybridized carbons (Fsp3) is 0.400. The Bertz CT molecular complexity index is 7.64. The molecule has 0 atom stereocenters. The van der Waals surface area contributed by atoms with Crippen LogP contribution in [0.3, 0.4) is 0 Å². The van der Waals surface area contributed by atoms with Crippen LogP contribution >= 0.6 is 0 Å². The maximum absolute atomic E-state index is 3.49. The summed E-state index contributed by atoms with van der Waals surface area (Å²) in [6.07, 6.45) is 1.00. The third kappa shape index (κ3) is 55.0. The molecule has 3 radical (unpaired) electrons. The van der Waals surface area contributed by atoms with E-state index in [0.29, 0.717) is 0 Å². The average Bonchev–Trinajstić information content (AvgIpc) is 0.918. The van der Waals surface area contributed by atoms with Crippen LogP contribution in [0.5, 0.6) is 0 Å². The van der Waals surface area contributed by atoms with Crippen LogP contribution in [-0.2, 0) is 0 Å². The van der Waals surface area contributed by atoms with Gasteiger partial charge in [-0.2, -0.15) is 6.42 Å². The number of hydrogen-bond acceptors (Lipinski definition) is 0. The molecule has 0 nitrogen and oxygen atoms in total. The summed E-state index contributed by atoms with van der Waals surface area (Å²) in [5.74, 6) is 0. The van der Waals surface area contributed by atoms with Crippen LogP contribution in [0.4, 0.5) is 0 Å². The van der Waals surface area contributed by atoms with Gasteiger partial charge in [0, 0.05) is 107 Å². The van der Waals surface area contributed by atoms with Gasteiger partial charge in [0.15, 0.2) is 0 Å². The maximum Gasteiger partial charge on any atom is 0 e. The van der Waals surface area contributed by atoms with Crippen LogP contribution in [0.15, 0.2) is 0 Å². The molecule has 3 heteroatoms. The van der Waals surface area contributed by atoms with E-state index in [-0.39, 0.29) is 122 Å². The SMILES string of the molecule is [CH2-]CC.[CH3-].[CH3-].[La].[La].[La]. The van der Waals surface area contributed by atoms with E-state index in [0.717, 1.165) is 6.42 Å². The fourth-order valence-corrected chi connectivity index (χ4v) is 0. The Morgan fingerprint density at radius 3 is 1.00 bits per heavy atom. The maximum atomic E-state index is 3.49. The van der Waals surface area contributed by atoms with Gasteiger partial charge in [-0.3, -0.25) is 0 Å². The average molecular weight is 490 g/mol. The molecule has 0 heterocycles. The van der Waals surface area contributed by atoms with Gasteiger partial charge in [-0.05, 0) is 0 Å². The van der Waals surface area contributed by atoms with Gasteiger partial charge >= 0.3 is 0 Å². The minimum Gasteiger partial charge on any atom is -0.358 e. The normalized spacial score (nSPS) is 2.25. The molecule has 0 spiro atoms. The van der Waals surface area contributed by atoms with Gasteiger partial charge in [-0.15, -0.1) is 0 Å². The van der Waals surface area contributed by atoms with Crippen LogP contribution in [0.2, 0.25) is 0 Å². The molecule has 0 rings (SSSR count). The molecule has 0 amide bonds. The molecular weight excluding hydrogens is 477 g/mol. The van der Waals surface area contributed by atoms with Crippen molar-refractivity contribution in [1.29, 1.82) is 0 Å². The Kier molecular flexibility index (Phi) is 241. The second-order valence-corrected chi connectivity index (χ2v) is 0.500. The molecule has 45 valence electrons. The van der Waals surface area contributed by atoms with E-state index in [1.165, 1.54) is 0 Å². The predicted octanol–water partition coefficient (Wildman–Crippen LogP) is 2.13. The van der Waals surface area contributed by atoms with Gasteiger partial charge in [0.2, 0.25) is 0 Å². The zero-order valence-electron chi connectivity index (χ0n) is 6.15. The third-order valence-corrected chi connectivity index (χ3v) is 0. The first-order chi connectivity index (χ1) is 1.41. The van der Waals surface area contributed by atoms with E-state index in [9.17, 15) is 0 Å². The summed E-state index contributed by atoms with van der Waals surface area (Å²) >= 11 is 0. The minimum atomic E-state index is 0. The largest absolute Gasteiger partial charge is 0.358 e. The molecule has 8 heavy (non-hydrogen) atoms. The monoisotopic (exact) mass is 490 g/mol. The van der Waals surface area contributed by atoms with Crippen molar-refractivity contribution in [2.24, 2.45) is 0 Å². The van der Waals surface area contributed by atoms with E-state index in [2.05, 4.69) is 6.92 Å². The van der Waals surface area contributed by atoms with Crippen LogP contribution < -0.4 is 0 Å². The Morgan fingerprint density at radius 2 is 1.00 bits per heavy atom. The Hall–Kier alpha value is 3.58. The van der Waals surface area contributed by atoms with Gasteiger partial charge in [0.25, 0.3) is 0 Å². The minimum absolute atomic E-state index is 0. The molecule has 0 aliphatic carbocycles. The van der Waals surface area contributed by atoms with Crippen molar-refractivity contribution in [2.75, 3.05) is 0 Å². The smallest absolute Gasteiger partial charge is 0 e. The van der Waals surface area contributed by atoms with Gasteiger partial charge in [0.1, 0.15) is 0 Å². The molecule has 0 saturated heterocycles.